The third kappa shape index (κ3) is 1.26. The highest BCUT2D eigenvalue weighted by molar-refractivity contribution is 5.77. The molecule has 2 rings (SSSR count). The molecule has 0 atom stereocenters. The van der Waals surface area contributed by atoms with Gasteiger partial charge >= 0.3 is 0 Å². The largest absolute Gasteiger partial charge is 0.307 e. The number of rotatable bonds is 1. The van der Waals surface area contributed by atoms with Crippen molar-refractivity contribution in [1.29, 1.82) is 0 Å². The molecule has 14 heavy (non-hydrogen) atoms. The van der Waals surface area contributed by atoms with Crippen molar-refractivity contribution in [3.63, 3.8) is 0 Å². The Morgan fingerprint density at radius 2 is 2.21 bits per heavy atom. The molecule has 0 spiro atoms. The van der Waals surface area contributed by atoms with Gasteiger partial charge in [-0.15, -0.1) is 0 Å². The highest BCUT2D eigenvalue weighted by Gasteiger charge is 2.16. The van der Waals surface area contributed by atoms with Gasteiger partial charge in [-0.25, -0.2) is 0 Å². The molecule has 0 radical (unpaired) electrons. The maximum Gasteiger partial charge on any atom is 0.167 e. The van der Waals surface area contributed by atoms with Gasteiger partial charge in [0, 0.05) is 6.20 Å². The second-order valence-electron chi connectivity index (χ2n) is 3.43. The van der Waals surface area contributed by atoms with Crippen LogP contribution in [0.1, 0.15) is 13.8 Å². The van der Waals surface area contributed by atoms with E-state index in [1.807, 2.05) is 43.2 Å². The van der Waals surface area contributed by atoms with Crippen molar-refractivity contribution in [3.05, 3.63) is 52.7 Å². The summed E-state index contributed by atoms with van der Waals surface area (Å²) in [4.78, 5) is 12.7. The van der Waals surface area contributed by atoms with Gasteiger partial charge < -0.3 is 4.90 Å². The number of fused-ring (bicyclic) bond motifs is 1. The highest BCUT2D eigenvalue weighted by atomic mass is 16.1. The summed E-state index contributed by atoms with van der Waals surface area (Å²) < 4.78 is 0. The first kappa shape index (κ1) is 8.79. The molecule has 70 valence electrons. The van der Waals surface area contributed by atoms with Crippen LogP contribution in [0.5, 0.6) is 0 Å². The van der Waals surface area contributed by atoms with Crippen molar-refractivity contribution in [2.45, 2.75) is 13.8 Å². The Hall–Kier alpha value is -1.79. The molecule has 2 aliphatic rings. The predicted molar refractivity (Wildman–Crippen MR) is 55.1 cm³/mol. The molecule has 2 aliphatic heterocycles. The van der Waals surface area contributed by atoms with Crippen LogP contribution < -0.4 is 0 Å². The first-order valence-corrected chi connectivity index (χ1v) is 4.51. The van der Waals surface area contributed by atoms with Crippen LogP contribution in [0, 0.1) is 0 Å². The topological polar surface area (TPSA) is 20.3 Å². The lowest BCUT2D eigenvalue weighted by Gasteiger charge is -2.26. The van der Waals surface area contributed by atoms with Crippen LogP contribution >= 0.6 is 0 Å². The number of carbonyl (C=O) groups excluding carboxylic acids is 1. The minimum Gasteiger partial charge on any atom is -0.307 e. The van der Waals surface area contributed by atoms with Crippen molar-refractivity contribution in [2.75, 3.05) is 0 Å². The van der Waals surface area contributed by atoms with Crippen LogP contribution in [0.2, 0.25) is 0 Å². The molecule has 0 saturated heterocycles. The van der Waals surface area contributed by atoms with E-state index in [0.29, 0.717) is 5.70 Å². The SMILES string of the molecule is CC1=CC2=C=CC(C)=C(C=O)N2C=C1. The van der Waals surface area contributed by atoms with Crippen molar-refractivity contribution in [1.82, 2.24) is 4.90 Å². The monoisotopic (exact) mass is 185 g/mol. The second-order valence-corrected chi connectivity index (χ2v) is 3.43. The number of hydrogen-bond acceptors (Lipinski definition) is 2. The average molecular weight is 185 g/mol. The van der Waals surface area contributed by atoms with Gasteiger partial charge in [0.25, 0.3) is 0 Å². The summed E-state index contributed by atoms with van der Waals surface area (Å²) in [6.07, 6.45) is 8.61. The Morgan fingerprint density at radius 3 is 2.93 bits per heavy atom. The van der Waals surface area contributed by atoms with Crippen LogP contribution in [0.25, 0.3) is 0 Å². The standard InChI is InChI=1S/C12H11NO/c1-9-5-6-13-11(7-9)4-3-10(2)12(13)8-14/h3,5-8H,1-2H3. The summed E-state index contributed by atoms with van der Waals surface area (Å²) in [5, 5.41) is 0. The van der Waals surface area contributed by atoms with E-state index in [2.05, 4.69) is 5.73 Å². The maximum atomic E-state index is 10.9. The van der Waals surface area contributed by atoms with Gasteiger partial charge in [0.15, 0.2) is 6.29 Å². The fourth-order valence-electron chi connectivity index (χ4n) is 1.52. The minimum absolute atomic E-state index is 0.693. The summed E-state index contributed by atoms with van der Waals surface area (Å²) in [5.74, 6) is 0. The molecule has 0 N–H and O–H groups in total. The van der Waals surface area contributed by atoms with Crippen molar-refractivity contribution in [2.24, 2.45) is 0 Å². The van der Waals surface area contributed by atoms with Crippen molar-refractivity contribution < 1.29 is 4.79 Å². The second kappa shape index (κ2) is 3.17. The zero-order valence-electron chi connectivity index (χ0n) is 8.24. The van der Waals surface area contributed by atoms with Gasteiger partial charge in [0.05, 0.1) is 11.4 Å². The fraction of sp³-hybridized carbons (Fsp3) is 0.167. The molecule has 0 amide bonds. The zero-order valence-corrected chi connectivity index (χ0v) is 8.24. The summed E-state index contributed by atoms with van der Waals surface area (Å²) in [6.45, 7) is 3.93. The third-order valence-corrected chi connectivity index (χ3v) is 2.32. The number of nitrogens with zero attached hydrogens (tertiary/aromatic N) is 1. The summed E-state index contributed by atoms with van der Waals surface area (Å²) >= 11 is 0. The average Bonchev–Trinajstić information content (AvgIpc) is 2.18. The molecule has 0 unspecified atom stereocenters. The lowest BCUT2D eigenvalue weighted by atomic mass is 10.1. The molecular formula is C12H11NO. The molecule has 2 nitrogen and oxygen atoms in total. The van der Waals surface area contributed by atoms with Crippen LogP contribution in [-0.4, -0.2) is 11.2 Å². The molecule has 0 aliphatic carbocycles. The van der Waals surface area contributed by atoms with Crippen LogP contribution in [-0.2, 0) is 4.79 Å². The number of carbonyl (C=O) groups is 1. The molecule has 2 heteroatoms. The molecule has 2 heterocycles. The van der Waals surface area contributed by atoms with E-state index < -0.39 is 0 Å². The van der Waals surface area contributed by atoms with Crippen LogP contribution in [0.15, 0.2) is 52.7 Å². The number of allylic oxidation sites excluding steroid dienone is 5. The normalized spacial score (nSPS) is 19.1. The lowest BCUT2D eigenvalue weighted by Crippen LogP contribution is -2.20. The lowest BCUT2D eigenvalue weighted by molar-refractivity contribution is -0.105. The van der Waals surface area contributed by atoms with E-state index >= 15 is 0 Å². The Balaban J connectivity index is 2.54. The Bertz CT molecular complexity index is 443. The molecule has 0 aromatic rings. The molecule has 0 aromatic heterocycles. The van der Waals surface area contributed by atoms with E-state index in [4.69, 9.17) is 0 Å². The van der Waals surface area contributed by atoms with Gasteiger partial charge in [0.2, 0.25) is 0 Å². The summed E-state index contributed by atoms with van der Waals surface area (Å²) in [5.41, 5.74) is 6.87. The fourth-order valence-corrected chi connectivity index (χ4v) is 1.52. The van der Waals surface area contributed by atoms with Crippen molar-refractivity contribution in [3.8, 4) is 0 Å². The van der Waals surface area contributed by atoms with Crippen molar-refractivity contribution >= 4 is 6.29 Å². The van der Waals surface area contributed by atoms with Gasteiger partial charge in [-0.2, -0.15) is 0 Å². The van der Waals surface area contributed by atoms with E-state index in [1.54, 1.807) is 0 Å². The van der Waals surface area contributed by atoms with Gasteiger partial charge in [-0.1, -0.05) is 5.73 Å². The van der Waals surface area contributed by atoms with E-state index in [1.165, 1.54) is 5.57 Å². The van der Waals surface area contributed by atoms with Crippen LogP contribution in [0.4, 0.5) is 0 Å². The Labute approximate surface area is 83.2 Å². The predicted octanol–water partition coefficient (Wildman–Crippen LogP) is 2.29. The number of hydrogen-bond donors (Lipinski definition) is 0. The first-order valence-electron chi connectivity index (χ1n) is 4.51. The van der Waals surface area contributed by atoms with Gasteiger partial charge in [-0.05, 0) is 43.2 Å². The maximum absolute atomic E-state index is 10.9. The highest BCUT2D eigenvalue weighted by Crippen LogP contribution is 2.25. The smallest absolute Gasteiger partial charge is 0.167 e. The van der Waals surface area contributed by atoms with E-state index in [0.717, 1.165) is 17.6 Å². The molecular weight excluding hydrogens is 174 g/mol. The summed E-state index contributed by atoms with van der Waals surface area (Å²) in [7, 11) is 0. The molecule has 0 saturated carbocycles. The van der Waals surface area contributed by atoms with E-state index in [-0.39, 0.29) is 0 Å². The molecule has 0 bridgehead atoms. The van der Waals surface area contributed by atoms with Crippen LogP contribution in [0.3, 0.4) is 0 Å². The van der Waals surface area contributed by atoms with Gasteiger partial charge in [0.1, 0.15) is 0 Å². The van der Waals surface area contributed by atoms with E-state index in [9.17, 15) is 4.79 Å². The van der Waals surface area contributed by atoms with Gasteiger partial charge in [-0.3, -0.25) is 4.79 Å². The Morgan fingerprint density at radius 1 is 1.43 bits per heavy atom. The number of aldehydes is 1. The minimum atomic E-state index is 0.693. The summed E-state index contributed by atoms with van der Waals surface area (Å²) in [6, 6.07) is 0. The molecule has 0 aromatic carbocycles. The third-order valence-electron chi connectivity index (χ3n) is 2.32. The first-order chi connectivity index (χ1) is 6.72. The Kier molecular flexibility index (Phi) is 1.99. The zero-order chi connectivity index (χ0) is 10.1. The quantitative estimate of drug-likeness (QED) is 0.461. The molecule has 0 fully saturated rings.